The van der Waals surface area contributed by atoms with Crippen LogP contribution in [0.1, 0.15) is 18.4 Å². The Hall–Kier alpha value is -1.46. The zero-order valence-corrected chi connectivity index (χ0v) is 11.2. The SMILES string of the molecule is CCOCCNC(=O)C(C(N)=S)c1ccccc1. The summed E-state index contributed by atoms with van der Waals surface area (Å²) in [4.78, 5) is 12.2. The summed E-state index contributed by atoms with van der Waals surface area (Å²) in [6.07, 6.45) is 0. The molecule has 0 saturated heterocycles. The van der Waals surface area contributed by atoms with Gasteiger partial charge in [-0.2, -0.15) is 0 Å². The maximum absolute atomic E-state index is 12.0. The summed E-state index contributed by atoms with van der Waals surface area (Å²) in [6, 6.07) is 9.27. The van der Waals surface area contributed by atoms with E-state index < -0.39 is 5.92 Å². The fraction of sp³-hybridized carbons (Fsp3) is 0.385. The molecule has 18 heavy (non-hydrogen) atoms. The van der Waals surface area contributed by atoms with E-state index in [1.165, 1.54) is 0 Å². The number of ether oxygens (including phenoxy) is 1. The number of hydrogen-bond acceptors (Lipinski definition) is 3. The van der Waals surface area contributed by atoms with E-state index >= 15 is 0 Å². The van der Waals surface area contributed by atoms with Crippen LogP contribution in [0.2, 0.25) is 0 Å². The maximum atomic E-state index is 12.0. The molecule has 0 spiro atoms. The largest absolute Gasteiger partial charge is 0.392 e. The van der Waals surface area contributed by atoms with Gasteiger partial charge in [-0.15, -0.1) is 0 Å². The van der Waals surface area contributed by atoms with Gasteiger partial charge in [0, 0.05) is 13.2 Å². The van der Waals surface area contributed by atoms with Crippen LogP contribution in [0.15, 0.2) is 30.3 Å². The van der Waals surface area contributed by atoms with E-state index in [9.17, 15) is 4.79 Å². The minimum Gasteiger partial charge on any atom is -0.392 e. The molecular weight excluding hydrogens is 248 g/mol. The number of rotatable bonds is 7. The normalized spacial score (nSPS) is 11.8. The Morgan fingerprint density at radius 2 is 2.11 bits per heavy atom. The lowest BCUT2D eigenvalue weighted by atomic mass is 9.98. The minimum absolute atomic E-state index is 0.176. The number of hydrogen-bond donors (Lipinski definition) is 2. The van der Waals surface area contributed by atoms with E-state index in [1.807, 2.05) is 37.3 Å². The van der Waals surface area contributed by atoms with E-state index in [1.54, 1.807) is 0 Å². The van der Waals surface area contributed by atoms with Gasteiger partial charge >= 0.3 is 0 Å². The molecule has 0 aliphatic carbocycles. The molecule has 0 fully saturated rings. The number of benzene rings is 1. The molecule has 0 aliphatic heterocycles. The quantitative estimate of drug-likeness (QED) is 0.575. The molecule has 1 unspecified atom stereocenters. The van der Waals surface area contributed by atoms with Crippen molar-refractivity contribution in [2.24, 2.45) is 5.73 Å². The van der Waals surface area contributed by atoms with Crippen molar-refractivity contribution in [1.82, 2.24) is 5.32 Å². The molecule has 3 N–H and O–H groups in total. The summed E-state index contributed by atoms with van der Waals surface area (Å²) in [5.41, 5.74) is 6.44. The second kappa shape index (κ2) is 7.79. The van der Waals surface area contributed by atoms with Crippen LogP contribution in [0.5, 0.6) is 0 Å². The molecule has 1 aromatic rings. The maximum Gasteiger partial charge on any atom is 0.234 e. The molecule has 0 saturated carbocycles. The van der Waals surface area contributed by atoms with Crippen LogP contribution < -0.4 is 11.1 Å². The Balaban J connectivity index is 2.63. The smallest absolute Gasteiger partial charge is 0.234 e. The van der Waals surface area contributed by atoms with Crippen molar-refractivity contribution in [2.45, 2.75) is 12.8 Å². The molecule has 1 atom stereocenters. The summed E-state index contributed by atoms with van der Waals surface area (Å²) in [7, 11) is 0. The van der Waals surface area contributed by atoms with Crippen LogP contribution in [0.3, 0.4) is 0 Å². The Labute approximate surface area is 113 Å². The average molecular weight is 266 g/mol. The van der Waals surface area contributed by atoms with Crippen molar-refractivity contribution < 1.29 is 9.53 Å². The topological polar surface area (TPSA) is 64.3 Å². The van der Waals surface area contributed by atoms with Gasteiger partial charge in [-0.3, -0.25) is 4.79 Å². The second-order valence-corrected chi connectivity index (χ2v) is 4.21. The number of thiocarbonyl (C=S) groups is 1. The Morgan fingerprint density at radius 1 is 1.44 bits per heavy atom. The van der Waals surface area contributed by atoms with Crippen LogP contribution in [-0.4, -0.2) is 30.7 Å². The fourth-order valence-corrected chi connectivity index (χ4v) is 1.83. The molecule has 1 amide bonds. The first-order valence-corrected chi connectivity index (χ1v) is 6.27. The van der Waals surface area contributed by atoms with Crippen molar-refractivity contribution in [1.29, 1.82) is 0 Å². The lowest BCUT2D eigenvalue weighted by Gasteiger charge is -2.15. The molecule has 0 aliphatic rings. The molecule has 0 aromatic heterocycles. The standard InChI is InChI=1S/C13H18N2O2S/c1-2-17-9-8-15-13(16)11(12(14)18)10-6-4-3-5-7-10/h3-7,11H,2,8-9H2,1H3,(H2,14,18)(H,15,16). The van der Waals surface area contributed by atoms with Gasteiger partial charge in [-0.25, -0.2) is 0 Å². The zero-order valence-electron chi connectivity index (χ0n) is 10.4. The third kappa shape index (κ3) is 4.43. The van der Waals surface area contributed by atoms with Gasteiger partial charge in [-0.1, -0.05) is 42.5 Å². The Bertz CT molecular complexity index is 395. The van der Waals surface area contributed by atoms with Crippen LogP contribution >= 0.6 is 12.2 Å². The van der Waals surface area contributed by atoms with Gasteiger partial charge in [0.2, 0.25) is 5.91 Å². The van der Waals surface area contributed by atoms with Crippen LogP contribution in [0.4, 0.5) is 0 Å². The van der Waals surface area contributed by atoms with Crippen LogP contribution in [0.25, 0.3) is 0 Å². The lowest BCUT2D eigenvalue weighted by molar-refractivity contribution is -0.121. The molecule has 5 heteroatoms. The third-order valence-corrected chi connectivity index (χ3v) is 2.67. The van der Waals surface area contributed by atoms with Gasteiger partial charge < -0.3 is 15.8 Å². The molecule has 1 rings (SSSR count). The summed E-state index contributed by atoms with van der Waals surface area (Å²) in [6.45, 7) is 3.48. The average Bonchev–Trinajstić information content (AvgIpc) is 2.36. The first-order chi connectivity index (χ1) is 8.66. The highest BCUT2D eigenvalue weighted by Crippen LogP contribution is 2.15. The Morgan fingerprint density at radius 3 is 2.67 bits per heavy atom. The van der Waals surface area contributed by atoms with E-state index in [2.05, 4.69) is 5.32 Å². The zero-order chi connectivity index (χ0) is 13.4. The molecule has 0 radical (unpaired) electrons. The molecule has 0 heterocycles. The summed E-state index contributed by atoms with van der Waals surface area (Å²) < 4.78 is 5.15. The minimum atomic E-state index is -0.581. The van der Waals surface area contributed by atoms with Gasteiger partial charge in [0.25, 0.3) is 0 Å². The van der Waals surface area contributed by atoms with Crippen molar-refractivity contribution in [3.05, 3.63) is 35.9 Å². The highest BCUT2D eigenvalue weighted by Gasteiger charge is 2.22. The molecular formula is C13H18N2O2S. The molecule has 98 valence electrons. The number of nitrogens with one attached hydrogen (secondary N) is 1. The van der Waals surface area contributed by atoms with Gasteiger partial charge in [-0.05, 0) is 12.5 Å². The van der Waals surface area contributed by atoms with E-state index in [-0.39, 0.29) is 10.9 Å². The van der Waals surface area contributed by atoms with Gasteiger partial charge in [0.05, 0.1) is 11.6 Å². The van der Waals surface area contributed by atoms with Crippen LogP contribution in [0, 0.1) is 0 Å². The van der Waals surface area contributed by atoms with E-state index in [0.29, 0.717) is 19.8 Å². The molecule has 1 aromatic carbocycles. The van der Waals surface area contributed by atoms with Crippen molar-refractivity contribution in [2.75, 3.05) is 19.8 Å². The fourth-order valence-electron chi connectivity index (χ4n) is 1.58. The monoisotopic (exact) mass is 266 g/mol. The predicted octanol–water partition coefficient (Wildman–Crippen LogP) is 1.21. The van der Waals surface area contributed by atoms with Gasteiger partial charge in [0.15, 0.2) is 0 Å². The van der Waals surface area contributed by atoms with Crippen molar-refractivity contribution in [3.63, 3.8) is 0 Å². The third-order valence-electron chi connectivity index (χ3n) is 2.43. The molecule has 0 bridgehead atoms. The predicted molar refractivity (Wildman–Crippen MR) is 75.5 cm³/mol. The second-order valence-electron chi connectivity index (χ2n) is 3.73. The number of amides is 1. The van der Waals surface area contributed by atoms with Crippen molar-refractivity contribution >= 4 is 23.1 Å². The summed E-state index contributed by atoms with van der Waals surface area (Å²) in [5, 5.41) is 2.77. The Kier molecular flexibility index (Phi) is 6.32. The summed E-state index contributed by atoms with van der Waals surface area (Å²) in [5.74, 6) is -0.767. The number of nitrogens with two attached hydrogens (primary N) is 1. The lowest BCUT2D eigenvalue weighted by Crippen LogP contribution is -2.37. The first-order valence-electron chi connectivity index (χ1n) is 5.86. The first kappa shape index (κ1) is 14.6. The van der Waals surface area contributed by atoms with E-state index in [0.717, 1.165) is 5.56 Å². The summed E-state index contributed by atoms with van der Waals surface area (Å²) >= 11 is 4.96. The van der Waals surface area contributed by atoms with E-state index in [4.69, 9.17) is 22.7 Å². The van der Waals surface area contributed by atoms with Gasteiger partial charge in [0.1, 0.15) is 5.92 Å². The molecule has 4 nitrogen and oxygen atoms in total. The highest BCUT2D eigenvalue weighted by atomic mass is 32.1. The number of carbonyl (C=O) groups excluding carboxylic acids is 1. The van der Waals surface area contributed by atoms with Crippen molar-refractivity contribution in [3.8, 4) is 0 Å². The number of carbonyl (C=O) groups is 1. The highest BCUT2D eigenvalue weighted by molar-refractivity contribution is 7.80. The van der Waals surface area contributed by atoms with Crippen LogP contribution in [-0.2, 0) is 9.53 Å².